The van der Waals surface area contributed by atoms with Crippen LogP contribution in [0.3, 0.4) is 0 Å². The fourth-order valence-electron chi connectivity index (χ4n) is 4.08. The summed E-state index contributed by atoms with van der Waals surface area (Å²) in [6, 6.07) is 15.5. The number of Topliss-reactive ketones (excluding diaryl/α,β-unsaturated/α-hetero) is 1. The summed E-state index contributed by atoms with van der Waals surface area (Å²) in [5.41, 5.74) is 1.73. The lowest BCUT2D eigenvalue weighted by molar-refractivity contribution is -0.129. The number of hydrogen-bond acceptors (Lipinski definition) is 7. The Hall–Kier alpha value is -3.78. The molecule has 1 amide bonds. The Kier molecular flexibility index (Phi) is 6.88. The summed E-state index contributed by atoms with van der Waals surface area (Å²) >= 11 is 1.27. The van der Waals surface area contributed by atoms with E-state index in [2.05, 4.69) is 0 Å². The molecule has 4 rings (SSSR count). The summed E-state index contributed by atoms with van der Waals surface area (Å²) in [5, 5.41) is 12.6. The summed E-state index contributed by atoms with van der Waals surface area (Å²) in [7, 11) is 4.71. The third-order valence-electron chi connectivity index (χ3n) is 5.81. The fourth-order valence-corrected chi connectivity index (χ4v) is 4.75. The van der Waals surface area contributed by atoms with Gasteiger partial charge in [-0.05, 0) is 53.3 Å². The highest BCUT2D eigenvalue weighted by Gasteiger charge is 2.43. The van der Waals surface area contributed by atoms with Crippen LogP contribution in [0.1, 0.15) is 26.8 Å². The van der Waals surface area contributed by atoms with Gasteiger partial charge in [0.1, 0.15) is 5.75 Å². The molecule has 2 aromatic carbocycles. The standard InChI is InChI=1S/C26H25NO6S/c1-31-18-9-7-17(8-10-18)23-22(24(28)21-5-4-14-34-21)25(29)26(30)27(23)13-12-16-6-11-19(32-2)20(15-16)33-3/h4-11,14-15,23,29H,12-13H2,1-3H3/t23-/m0/s1. The van der Waals surface area contributed by atoms with Crippen LogP contribution in [0.15, 0.2) is 71.3 Å². The number of hydrogen-bond donors (Lipinski definition) is 1. The summed E-state index contributed by atoms with van der Waals surface area (Å²) in [6.45, 7) is 0.288. The van der Waals surface area contributed by atoms with E-state index in [-0.39, 0.29) is 17.9 Å². The highest BCUT2D eigenvalue weighted by atomic mass is 32.1. The second kappa shape index (κ2) is 10.0. The van der Waals surface area contributed by atoms with Crippen molar-refractivity contribution in [1.29, 1.82) is 0 Å². The van der Waals surface area contributed by atoms with E-state index in [0.29, 0.717) is 34.1 Å². The second-order valence-electron chi connectivity index (χ2n) is 7.68. The van der Waals surface area contributed by atoms with E-state index >= 15 is 0 Å². The number of ketones is 1. The molecule has 0 saturated carbocycles. The van der Waals surface area contributed by atoms with Crippen molar-refractivity contribution in [2.24, 2.45) is 0 Å². The third-order valence-corrected chi connectivity index (χ3v) is 6.68. The zero-order valence-electron chi connectivity index (χ0n) is 19.1. The second-order valence-corrected chi connectivity index (χ2v) is 8.63. The van der Waals surface area contributed by atoms with Crippen molar-refractivity contribution in [3.05, 3.63) is 87.3 Å². The minimum Gasteiger partial charge on any atom is -0.503 e. The molecule has 34 heavy (non-hydrogen) atoms. The molecule has 1 aromatic heterocycles. The quantitative estimate of drug-likeness (QED) is 0.452. The molecule has 0 spiro atoms. The molecule has 0 saturated heterocycles. The molecule has 0 radical (unpaired) electrons. The molecule has 8 heteroatoms. The first-order valence-corrected chi connectivity index (χ1v) is 11.5. The van der Waals surface area contributed by atoms with Gasteiger partial charge in [-0.2, -0.15) is 0 Å². The molecule has 0 bridgehead atoms. The van der Waals surface area contributed by atoms with Crippen LogP contribution in [0.25, 0.3) is 0 Å². The summed E-state index contributed by atoms with van der Waals surface area (Å²) in [4.78, 5) is 28.4. The molecule has 1 aliphatic heterocycles. The molecule has 0 unspecified atom stereocenters. The Balaban J connectivity index is 1.67. The molecule has 1 atom stereocenters. The fraction of sp³-hybridized carbons (Fsp3) is 0.231. The first-order valence-electron chi connectivity index (χ1n) is 10.7. The molecule has 0 fully saturated rings. The average Bonchev–Trinajstić information content (AvgIpc) is 3.50. The number of methoxy groups -OCH3 is 3. The zero-order chi connectivity index (χ0) is 24.2. The van der Waals surface area contributed by atoms with Crippen molar-refractivity contribution in [3.8, 4) is 17.2 Å². The predicted molar refractivity (Wildman–Crippen MR) is 129 cm³/mol. The normalized spacial score (nSPS) is 15.6. The van der Waals surface area contributed by atoms with E-state index in [0.717, 1.165) is 5.56 Å². The van der Waals surface area contributed by atoms with Gasteiger partial charge < -0.3 is 24.2 Å². The monoisotopic (exact) mass is 479 g/mol. The minimum atomic E-state index is -0.715. The summed E-state index contributed by atoms with van der Waals surface area (Å²) in [5.74, 6) is 0.434. The van der Waals surface area contributed by atoms with Gasteiger partial charge in [-0.15, -0.1) is 11.3 Å². The van der Waals surface area contributed by atoms with Gasteiger partial charge in [0.2, 0.25) is 5.78 Å². The molecule has 3 aromatic rings. The number of carbonyl (C=O) groups excluding carboxylic acids is 2. The molecule has 176 valence electrons. The van der Waals surface area contributed by atoms with E-state index in [1.807, 2.05) is 18.2 Å². The first-order chi connectivity index (χ1) is 16.5. The van der Waals surface area contributed by atoms with E-state index in [1.165, 1.54) is 16.2 Å². The number of amides is 1. The average molecular weight is 480 g/mol. The number of aliphatic hydroxyl groups is 1. The Morgan fingerprint density at radius 3 is 2.35 bits per heavy atom. The molecule has 0 aliphatic carbocycles. The Morgan fingerprint density at radius 2 is 1.74 bits per heavy atom. The van der Waals surface area contributed by atoms with Crippen molar-refractivity contribution in [2.75, 3.05) is 27.9 Å². The third kappa shape index (κ3) is 4.36. The van der Waals surface area contributed by atoms with E-state index in [4.69, 9.17) is 14.2 Å². The maximum atomic E-state index is 13.3. The number of thiophene rings is 1. The summed E-state index contributed by atoms with van der Waals surface area (Å²) < 4.78 is 15.9. The van der Waals surface area contributed by atoms with Crippen LogP contribution in [0, 0.1) is 0 Å². The number of rotatable bonds is 9. The van der Waals surface area contributed by atoms with Crippen LogP contribution >= 0.6 is 11.3 Å². The number of benzene rings is 2. The molecule has 7 nitrogen and oxygen atoms in total. The van der Waals surface area contributed by atoms with Crippen LogP contribution in [0.2, 0.25) is 0 Å². The van der Waals surface area contributed by atoms with E-state index in [1.54, 1.807) is 63.1 Å². The number of ether oxygens (including phenoxy) is 3. The molecule has 1 aliphatic rings. The molecule has 2 heterocycles. The van der Waals surface area contributed by atoms with Crippen molar-refractivity contribution in [2.45, 2.75) is 12.5 Å². The number of nitrogens with zero attached hydrogens (tertiary/aromatic N) is 1. The number of carbonyl (C=O) groups is 2. The highest BCUT2D eigenvalue weighted by molar-refractivity contribution is 7.12. The lowest BCUT2D eigenvalue weighted by Crippen LogP contribution is -2.33. The smallest absolute Gasteiger partial charge is 0.290 e. The largest absolute Gasteiger partial charge is 0.503 e. The molecule has 1 N–H and O–H groups in total. The maximum Gasteiger partial charge on any atom is 0.290 e. The predicted octanol–water partition coefficient (Wildman–Crippen LogP) is 4.59. The van der Waals surface area contributed by atoms with Crippen molar-refractivity contribution in [1.82, 2.24) is 4.90 Å². The van der Waals surface area contributed by atoms with Crippen molar-refractivity contribution >= 4 is 23.0 Å². The SMILES string of the molecule is COc1ccc([C@H]2C(C(=O)c3cccs3)=C(O)C(=O)N2CCc2ccc(OC)c(OC)c2)cc1. The topological polar surface area (TPSA) is 85.3 Å². The molecular weight excluding hydrogens is 454 g/mol. The van der Waals surface area contributed by atoms with Crippen LogP contribution in [-0.2, 0) is 11.2 Å². The lowest BCUT2D eigenvalue weighted by atomic mass is 9.95. The van der Waals surface area contributed by atoms with Gasteiger partial charge in [0.25, 0.3) is 5.91 Å². The van der Waals surface area contributed by atoms with Gasteiger partial charge in [0, 0.05) is 6.54 Å². The molecular formula is C26H25NO6S. The Labute approximate surface area is 201 Å². The minimum absolute atomic E-state index is 0.0879. The lowest BCUT2D eigenvalue weighted by Gasteiger charge is -2.27. The van der Waals surface area contributed by atoms with Crippen LogP contribution < -0.4 is 14.2 Å². The number of aliphatic hydroxyl groups excluding tert-OH is 1. The van der Waals surface area contributed by atoms with Gasteiger partial charge in [0.15, 0.2) is 17.3 Å². The summed E-state index contributed by atoms with van der Waals surface area (Å²) in [6.07, 6.45) is 0.493. The van der Waals surface area contributed by atoms with Crippen LogP contribution in [0.5, 0.6) is 17.2 Å². The maximum absolute atomic E-state index is 13.3. The van der Waals surface area contributed by atoms with Crippen LogP contribution in [0.4, 0.5) is 0 Å². The first kappa shape index (κ1) is 23.4. The van der Waals surface area contributed by atoms with Gasteiger partial charge in [-0.3, -0.25) is 9.59 Å². The van der Waals surface area contributed by atoms with Gasteiger partial charge >= 0.3 is 0 Å². The van der Waals surface area contributed by atoms with Gasteiger partial charge in [-0.1, -0.05) is 24.3 Å². The van der Waals surface area contributed by atoms with Gasteiger partial charge in [0.05, 0.1) is 37.8 Å². The highest BCUT2D eigenvalue weighted by Crippen LogP contribution is 2.40. The Bertz CT molecular complexity index is 1220. The van der Waals surface area contributed by atoms with Crippen LogP contribution in [-0.4, -0.2) is 49.6 Å². The Morgan fingerprint density at radius 1 is 1.00 bits per heavy atom. The van der Waals surface area contributed by atoms with Gasteiger partial charge in [-0.25, -0.2) is 0 Å². The van der Waals surface area contributed by atoms with E-state index < -0.39 is 17.7 Å². The van der Waals surface area contributed by atoms with Crippen molar-refractivity contribution in [3.63, 3.8) is 0 Å². The van der Waals surface area contributed by atoms with Crippen molar-refractivity contribution < 1.29 is 28.9 Å². The van der Waals surface area contributed by atoms with E-state index in [9.17, 15) is 14.7 Å². The zero-order valence-corrected chi connectivity index (χ0v) is 19.9.